The molecule has 1 saturated heterocycles. The number of hydrogen-bond acceptors (Lipinski definition) is 4. The minimum atomic E-state index is 0.123. The molecule has 1 heterocycles. The molecule has 110 valence electrons. The zero-order chi connectivity index (χ0) is 14.2. The molecule has 1 amide bonds. The summed E-state index contributed by atoms with van der Waals surface area (Å²) in [6.07, 6.45) is 1.03. The van der Waals surface area contributed by atoms with Gasteiger partial charge >= 0.3 is 0 Å². The van der Waals surface area contributed by atoms with Crippen molar-refractivity contribution in [3.8, 4) is 0 Å². The Hall–Kier alpha value is -1.04. The fourth-order valence-electron chi connectivity index (χ4n) is 2.31. The summed E-state index contributed by atoms with van der Waals surface area (Å²) < 4.78 is 5.08. The Balaban J connectivity index is 1.65. The van der Waals surface area contributed by atoms with E-state index in [0.29, 0.717) is 5.75 Å². The van der Waals surface area contributed by atoms with Crippen LogP contribution in [0.15, 0.2) is 35.2 Å². The van der Waals surface area contributed by atoms with Crippen molar-refractivity contribution in [2.75, 3.05) is 39.1 Å². The van der Waals surface area contributed by atoms with Crippen molar-refractivity contribution in [3.05, 3.63) is 30.3 Å². The van der Waals surface area contributed by atoms with E-state index >= 15 is 0 Å². The van der Waals surface area contributed by atoms with Crippen molar-refractivity contribution in [2.45, 2.75) is 17.4 Å². The molecule has 1 aromatic carbocycles. The average molecular weight is 294 g/mol. The highest BCUT2D eigenvalue weighted by Gasteiger charge is 2.23. The lowest BCUT2D eigenvalue weighted by molar-refractivity contribution is -0.119. The van der Waals surface area contributed by atoms with Crippen molar-refractivity contribution < 1.29 is 9.53 Å². The van der Waals surface area contributed by atoms with Gasteiger partial charge in [-0.25, -0.2) is 0 Å². The van der Waals surface area contributed by atoms with Gasteiger partial charge in [-0.2, -0.15) is 0 Å². The maximum Gasteiger partial charge on any atom is 0.230 e. The lowest BCUT2D eigenvalue weighted by Crippen LogP contribution is -2.38. The van der Waals surface area contributed by atoms with E-state index in [4.69, 9.17) is 4.74 Å². The standard InChI is InChI=1S/C15H22N2O2S/c1-19-10-9-17-8-7-13(11-17)16-15(18)12-20-14-5-3-2-4-6-14/h2-6,13H,7-12H2,1H3,(H,16,18)/t13-/m0/s1. The Morgan fingerprint density at radius 1 is 1.45 bits per heavy atom. The Morgan fingerprint density at radius 3 is 3.00 bits per heavy atom. The number of nitrogens with zero attached hydrogens (tertiary/aromatic N) is 1. The minimum absolute atomic E-state index is 0.123. The summed E-state index contributed by atoms with van der Waals surface area (Å²) in [5.41, 5.74) is 0. The zero-order valence-electron chi connectivity index (χ0n) is 11.9. The number of carbonyl (C=O) groups is 1. The maximum absolute atomic E-state index is 11.9. The molecule has 2 rings (SSSR count). The molecule has 5 heteroatoms. The zero-order valence-corrected chi connectivity index (χ0v) is 12.7. The molecule has 0 bridgehead atoms. The highest BCUT2D eigenvalue weighted by Crippen LogP contribution is 2.16. The monoisotopic (exact) mass is 294 g/mol. The first-order valence-electron chi connectivity index (χ1n) is 6.96. The molecule has 1 fully saturated rings. The van der Waals surface area contributed by atoms with Gasteiger partial charge in [-0.05, 0) is 18.6 Å². The van der Waals surface area contributed by atoms with E-state index in [0.717, 1.165) is 37.6 Å². The number of likely N-dealkylation sites (tertiary alicyclic amines) is 1. The summed E-state index contributed by atoms with van der Waals surface area (Å²) in [7, 11) is 1.72. The molecule has 1 atom stereocenters. The summed E-state index contributed by atoms with van der Waals surface area (Å²) >= 11 is 1.58. The Labute approximate surface area is 124 Å². The first kappa shape index (κ1) is 15.4. The molecule has 1 N–H and O–H groups in total. The third-order valence-electron chi connectivity index (χ3n) is 3.36. The maximum atomic E-state index is 11.9. The average Bonchev–Trinajstić information content (AvgIpc) is 2.91. The fourth-order valence-corrected chi connectivity index (χ4v) is 3.04. The van der Waals surface area contributed by atoms with Crippen LogP contribution < -0.4 is 5.32 Å². The van der Waals surface area contributed by atoms with Crippen molar-refractivity contribution in [1.82, 2.24) is 10.2 Å². The van der Waals surface area contributed by atoms with Crippen LogP contribution in [0.3, 0.4) is 0 Å². The van der Waals surface area contributed by atoms with Crippen LogP contribution in [0.25, 0.3) is 0 Å². The van der Waals surface area contributed by atoms with Crippen molar-refractivity contribution >= 4 is 17.7 Å². The predicted molar refractivity (Wildman–Crippen MR) is 82.0 cm³/mol. The van der Waals surface area contributed by atoms with Crippen LogP contribution in [0, 0.1) is 0 Å². The number of nitrogens with one attached hydrogen (secondary N) is 1. The van der Waals surface area contributed by atoms with Crippen LogP contribution >= 0.6 is 11.8 Å². The number of methoxy groups -OCH3 is 1. The van der Waals surface area contributed by atoms with E-state index < -0.39 is 0 Å². The normalized spacial score (nSPS) is 19.1. The number of amides is 1. The molecule has 0 saturated carbocycles. The van der Waals surface area contributed by atoms with Crippen LogP contribution in [0.1, 0.15) is 6.42 Å². The number of benzene rings is 1. The molecule has 0 aromatic heterocycles. The molecule has 20 heavy (non-hydrogen) atoms. The van der Waals surface area contributed by atoms with E-state index in [1.165, 1.54) is 0 Å². The molecule has 1 aliphatic heterocycles. The van der Waals surface area contributed by atoms with Crippen LogP contribution in [0.4, 0.5) is 0 Å². The van der Waals surface area contributed by atoms with Gasteiger partial charge in [0.15, 0.2) is 0 Å². The van der Waals surface area contributed by atoms with Crippen molar-refractivity contribution in [3.63, 3.8) is 0 Å². The van der Waals surface area contributed by atoms with Crippen LogP contribution in [-0.2, 0) is 9.53 Å². The quantitative estimate of drug-likeness (QED) is 0.776. The van der Waals surface area contributed by atoms with Gasteiger partial charge in [0.2, 0.25) is 5.91 Å². The van der Waals surface area contributed by atoms with Gasteiger partial charge in [0.1, 0.15) is 0 Å². The second-order valence-corrected chi connectivity index (χ2v) is 6.00. The van der Waals surface area contributed by atoms with Crippen LogP contribution in [0.5, 0.6) is 0 Å². The summed E-state index contributed by atoms with van der Waals surface area (Å²) in [5, 5.41) is 3.11. The molecule has 0 unspecified atom stereocenters. The molecular weight excluding hydrogens is 272 g/mol. The number of thioether (sulfide) groups is 1. The second kappa shape index (κ2) is 8.29. The lowest BCUT2D eigenvalue weighted by Gasteiger charge is -2.16. The second-order valence-electron chi connectivity index (χ2n) is 4.95. The summed E-state index contributed by atoms with van der Waals surface area (Å²) in [5.74, 6) is 0.607. The molecule has 1 aromatic rings. The van der Waals surface area contributed by atoms with E-state index in [9.17, 15) is 4.79 Å². The Kier molecular flexibility index (Phi) is 6.36. The SMILES string of the molecule is COCCN1CC[C@H](NC(=O)CSc2ccccc2)C1. The highest BCUT2D eigenvalue weighted by molar-refractivity contribution is 8.00. The first-order valence-corrected chi connectivity index (χ1v) is 7.95. The number of ether oxygens (including phenoxy) is 1. The predicted octanol–water partition coefficient (Wildman–Crippen LogP) is 1.62. The number of hydrogen-bond donors (Lipinski definition) is 1. The van der Waals surface area contributed by atoms with Gasteiger partial charge in [0.05, 0.1) is 12.4 Å². The molecule has 4 nitrogen and oxygen atoms in total. The van der Waals surface area contributed by atoms with Gasteiger partial charge in [-0.1, -0.05) is 18.2 Å². The Morgan fingerprint density at radius 2 is 2.25 bits per heavy atom. The van der Waals surface area contributed by atoms with Gasteiger partial charge < -0.3 is 10.1 Å². The van der Waals surface area contributed by atoms with E-state index in [-0.39, 0.29) is 11.9 Å². The number of carbonyl (C=O) groups excluding carboxylic acids is 1. The van der Waals surface area contributed by atoms with E-state index in [1.807, 2.05) is 30.3 Å². The summed E-state index contributed by atoms with van der Waals surface area (Å²) in [6.45, 7) is 3.68. The lowest BCUT2D eigenvalue weighted by atomic mass is 10.2. The van der Waals surface area contributed by atoms with Crippen LogP contribution in [-0.4, -0.2) is 56.0 Å². The molecule has 0 radical (unpaired) electrons. The molecule has 0 spiro atoms. The highest BCUT2D eigenvalue weighted by atomic mass is 32.2. The van der Waals surface area contributed by atoms with Crippen LogP contribution in [0.2, 0.25) is 0 Å². The molecular formula is C15H22N2O2S. The minimum Gasteiger partial charge on any atom is -0.383 e. The van der Waals surface area contributed by atoms with E-state index in [2.05, 4.69) is 10.2 Å². The Bertz CT molecular complexity index is 414. The molecule has 1 aliphatic rings. The largest absolute Gasteiger partial charge is 0.383 e. The van der Waals surface area contributed by atoms with Crippen molar-refractivity contribution in [1.29, 1.82) is 0 Å². The van der Waals surface area contributed by atoms with Gasteiger partial charge in [-0.3, -0.25) is 9.69 Å². The van der Waals surface area contributed by atoms with E-state index in [1.54, 1.807) is 18.9 Å². The topological polar surface area (TPSA) is 41.6 Å². The third kappa shape index (κ3) is 5.15. The van der Waals surface area contributed by atoms with Crippen molar-refractivity contribution in [2.24, 2.45) is 0 Å². The first-order chi connectivity index (χ1) is 9.78. The summed E-state index contributed by atoms with van der Waals surface area (Å²) in [4.78, 5) is 15.4. The van der Waals surface area contributed by atoms with Gasteiger partial charge in [-0.15, -0.1) is 11.8 Å². The summed E-state index contributed by atoms with van der Waals surface area (Å²) in [6, 6.07) is 10.3. The van der Waals surface area contributed by atoms with Gasteiger partial charge in [0.25, 0.3) is 0 Å². The fraction of sp³-hybridized carbons (Fsp3) is 0.533. The van der Waals surface area contributed by atoms with Gasteiger partial charge in [0, 0.05) is 37.7 Å². The number of rotatable bonds is 7. The third-order valence-corrected chi connectivity index (χ3v) is 4.37. The smallest absolute Gasteiger partial charge is 0.230 e. The molecule has 0 aliphatic carbocycles.